The van der Waals surface area contributed by atoms with Gasteiger partial charge in [0.05, 0.1) is 31.4 Å². The number of aromatic nitrogens is 1. The Morgan fingerprint density at radius 2 is 1.84 bits per heavy atom. The van der Waals surface area contributed by atoms with Gasteiger partial charge in [0.2, 0.25) is 5.88 Å². The molecule has 0 spiro atoms. The molecule has 2 heterocycles. The normalized spacial score (nSPS) is 20.0. The van der Waals surface area contributed by atoms with Gasteiger partial charge in [-0.05, 0) is 30.9 Å². The van der Waals surface area contributed by atoms with Crippen molar-refractivity contribution < 1.29 is 18.8 Å². The first-order chi connectivity index (χ1) is 15.1. The van der Waals surface area contributed by atoms with Crippen LogP contribution in [0.3, 0.4) is 0 Å². The summed E-state index contributed by atoms with van der Waals surface area (Å²) in [5, 5.41) is 7.56. The van der Waals surface area contributed by atoms with Crippen LogP contribution in [-0.4, -0.2) is 25.2 Å². The number of benzene rings is 2. The Morgan fingerprint density at radius 3 is 2.58 bits per heavy atom. The van der Waals surface area contributed by atoms with Crippen LogP contribution in [0.2, 0.25) is 0 Å². The highest BCUT2D eigenvalue weighted by molar-refractivity contribution is 6.01. The first kappa shape index (κ1) is 19.4. The number of carbonyl (C=O) groups is 1. The molecule has 1 aliphatic heterocycles. The molecule has 158 valence electrons. The molecule has 0 saturated heterocycles. The van der Waals surface area contributed by atoms with E-state index in [0.29, 0.717) is 23.8 Å². The first-order valence-corrected chi connectivity index (χ1v) is 10.4. The topological polar surface area (TPSA) is 73.6 Å². The predicted octanol–water partition coefficient (Wildman–Crippen LogP) is 4.96. The number of Topliss-reactive ketones (excluding diaryl/α,β-unsaturated/α-hetero) is 1. The molecule has 6 heteroatoms. The average Bonchev–Trinajstić information content (AvgIpc) is 3.17. The smallest absolute Gasteiger partial charge is 0.233 e. The van der Waals surface area contributed by atoms with E-state index in [2.05, 4.69) is 22.6 Å². The summed E-state index contributed by atoms with van der Waals surface area (Å²) in [5.74, 6) is 1.76. The molecule has 2 aromatic carbocycles. The van der Waals surface area contributed by atoms with Crippen molar-refractivity contribution >= 4 is 11.7 Å². The van der Waals surface area contributed by atoms with Crippen molar-refractivity contribution in [1.29, 1.82) is 0 Å². The Balaban J connectivity index is 1.68. The monoisotopic (exact) mass is 416 g/mol. The van der Waals surface area contributed by atoms with Crippen molar-refractivity contribution in [3.8, 4) is 11.5 Å². The van der Waals surface area contributed by atoms with Crippen molar-refractivity contribution in [2.45, 2.75) is 31.6 Å². The fraction of sp³-hybridized carbons (Fsp3) is 0.280. The number of ether oxygens (including phenoxy) is 2. The van der Waals surface area contributed by atoms with Crippen LogP contribution in [0.15, 0.2) is 64.3 Å². The standard InChI is InChI=1S/C25H24N2O4/c1-14-21-22(17-10-7-11-20(29-2)24(17)30-3)23-18(26-25(21)31-27-14)12-16(13-19(23)28)15-8-5-4-6-9-15/h4-11,16,22,26H,12-13H2,1-3H3. The Morgan fingerprint density at radius 1 is 1.03 bits per heavy atom. The van der Waals surface area contributed by atoms with Gasteiger partial charge in [0.1, 0.15) is 0 Å². The molecule has 0 saturated carbocycles. The quantitative estimate of drug-likeness (QED) is 0.648. The Kier molecular flexibility index (Phi) is 4.77. The molecular formula is C25H24N2O4. The van der Waals surface area contributed by atoms with Gasteiger partial charge in [0, 0.05) is 23.3 Å². The summed E-state index contributed by atoms with van der Waals surface area (Å²) in [6.45, 7) is 1.90. The van der Waals surface area contributed by atoms with Crippen LogP contribution < -0.4 is 14.8 Å². The van der Waals surface area contributed by atoms with Crippen molar-refractivity contribution in [1.82, 2.24) is 5.16 Å². The summed E-state index contributed by atoms with van der Waals surface area (Å²) in [6, 6.07) is 15.9. The number of ketones is 1. The van der Waals surface area contributed by atoms with Gasteiger partial charge in [0.25, 0.3) is 0 Å². The van der Waals surface area contributed by atoms with E-state index in [9.17, 15) is 4.79 Å². The molecule has 3 aromatic rings. The van der Waals surface area contributed by atoms with Gasteiger partial charge < -0.3 is 19.3 Å². The molecule has 0 fully saturated rings. The van der Waals surface area contributed by atoms with Gasteiger partial charge in [-0.1, -0.05) is 47.6 Å². The molecule has 0 radical (unpaired) electrons. The molecule has 1 N–H and O–H groups in total. The number of hydrogen-bond donors (Lipinski definition) is 1. The van der Waals surface area contributed by atoms with E-state index >= 15 is 0 Å². The molecule has 1 aliphatic carbocycles. The van der Waals surface area contributed by atoms with Crippen molar-refractivity contribution in [2.24, 2.45) is 0 Å². The summed E-state index contributed by atoms with van der Waals surface area (Å²) < 4.78 is 16.9. The molecule has 2 aliphatic rings. The van der Waals surface area contributed by atoms with E-state index in [1.165, 1.54) is 5.56 Å². The molecule has 0 amide bonds. The van der Waals surface area contributed by atoms with E-state index in [1.807, 2.05) is 43.3 Å². The number of carbonyl (C=O) groups excluding carboxylic acids is 1. The maximum absolute atomic E-state index is 13.6. The number of methoxy groups -OCH3 is 2. The third kappa shape index (κ3) is 3.10. The molecule has 6 nitrogen and oxygen atoms in total. The minimum Gasteiger partial charge on any atom is -0.493 e. The molecule has 1 aromatic heterocycles. The lowest BCUT2D eigenvalue weighted by molar-refractivity contribution is -0.116. The lowest BCUT2D eigenvalue weighted by Crippen LogP contribution is -2.29. The minimum absolute atomic E-state index is 0.123. The maximum atomic E-state index is 13.6. The fourth-order valence-corrected chi connectivity index (χ4v) is 4.88. The number of allylic oxidation sites excluding steroid dienone is 2. The number of hydrogen-bond acceptors (Lipinski definition) is 6. The predicted molar refractivity (Wildman–Crippen MR) is 117 cm³/mol. The number of nitrogens with zero attached hydrogens (tertiary/aromatic N) is 1. The summed E-state index contributed by atoms with van der Waals surface area (Å²) in [5.41, 5.74) is 5.31. The minimum atomic E-state index is -0.327. The van der Waals surface area contributed by atoms with Crippen molar-refractivity contribution in [2.75, 3.05) is 19.5 Å². The van der Waals surface area contributed by atoms with Gasteiger partial charge in [0.15, 0.2) is 17.3 Å². The number of nitrogens with one attached hydrogen (secondary N) is 1. The molecule has 0 bridgehead atoms. The highest BCUT2D eigenvalue weighted by Gasteiger charge is 2.42. The van der Waals surface area contributed by atoms with Crippen LogP contribution in [0.25, 0.3) is 0 Å². The second-order valence-electron chi connectivity index (χ2n) is 7.98. The van der Waals surface area contributed by atoms with Crippen LogP contribution >= 0.6 is 0 Å². The molecule has 5 rings (SSSR count). The zero-order valence-corrected chi connectivity index (χ0v) is 17.8. The van der Waals surface area contributed by atoms with Crippen LogP contribution in [0.5, 0.6) is 11.5 Å². The van der Waals surface area contributed by atoms with E-state index < -0.39 is 0 Å². The van der Waals surface area contributed by atoms with E-state index in [-0.39, 0.29) is 17.6 Å². The number of fused-ring (bicyclic) bond motifs is 1. The van der Waals surface area contributed by atoms with Gasteiger partial charge in [-0.15, -0.1) is 0 Å². The second-order valence-corrected chi connectivity index (χ2v) is 7.98. The number of anilines is 1. The fourth-order valence-electron chi connectivity index (χ4n) is 4.88. The highest BCUT2D eigenvalue weighted by Crippen LogP contribution is 2.51. The van der Waals surface area contributed by atoms with Gasteiger partial charge in [-0.25, -0.2) is 0 Å². The summed E-state index contributed by atoms with van der Waals surface area (Å²) in [6.07, 6.45) is 1.19. The van der Waals surface area contributed by atoms with Crippen molar-refractivity contribution in [3.05, 3.63) is 82.2 Å². The van der Waals surface area contributed by atoms with Gasteiger partial charge in [-0.2, -0.15) is 0 Å². The third-order valence-electron chi connectivity index (χ3n) is 6.27. The van der Waals surface area contributed by atoms with Crippen LogP contribution in [0.1, 0.15) is 47.1 Å². The van der Waals surface area contributed by atoms with Gasteiger partial charge >= 0.3 is 0 Å². The molecule has 2 unspecified atom stereocenters. The Bertz CT molecular complexity index is 1180. The maximum Gasteiger partial charge on any atom is 0.233 e. The molecular weight excluding hydrogens is 392 g/mol. The summed E-state index contributed by atoms with van der Waals surface area (Å²) in [4.78, 5) is 13.6. The van der Waals surface area contributed by atoms with Crippen LogP contribution in [-0.2, 0) is 4.79 Å². The lowest BCUT2D eigenvalue weighted by atomic mass is 9.72. The van der Waals surface area contributed by atoms with E-state index in [1.54, 1.807) is 14.2 Å². The third-order valence-corrected chi connectivity index (χ3v) is 6.27. The van der Waals surface area contributed by atoms with E-state index in [4.69, 9.17) is 14.0 Å². The first-order valence-electron chi connectivity index (χ1n) is 10.4. The summed E-state index contributed by atoms with van der Waals surface area (Å²) >= 11 is 0. The zero-order valence-electron chi connectivity index (χ0n) is 17.8. The highest BCUT2D eigenvalue weighted by atomic mass is 16.5. The van der Waals surface area contributed by atoms with Crippen LogP contribution in [0.4, 0.5) is 5.88 Å². The summed E-state index contributed by atoms with van der Waals surface area (Å²) in [7, 11) is 3.23. The van der Waals surface area contributed by atoms with Crippen molar-refractivity contribution in [3.63, 3.8) is 0 Å². The average molecular weight is 416 g/mol. The molecule has 2 atom stereocenters. The lowest BCUT2D eigenvalue weighted by Gasteiger charge is -2.35. The van der Waals surface area contributed by atoms with Crippen LogP contribution in [0, 0.1) is 6.92 Å². The Hall–Kier alpha value is -3.54. The Labute approximate surface area is 180 Å². The molecule has 31 heavy (non-hydrogen) atoms. The zero-order chi connectivity index (χ0) is 21.5. The SMILES string of the molecule is COc1cccc(C2C3=C(CC(c4ccccc4)CC3=O)Nc3onc(C)c32)c1OC. The number of para-hydroxylation sites is 1. The van der Waals surface area contributed by atoms with Gasteiger partial charge in [-0.3, -0.25) is 4.79 Å². The number of aryl methyl sites for hydroxylation is 1. The number of rotatable bonds is 4. The van der Waals surface area contributed by atoms with E-state index in [0.717, 1.165) is 34.5 Å². The largest absolute Gasteiger partial charge is 0.493 e. The second kappa shape index (κ2) is 7.61.